The van der Waals surface area contributed by atoms with Crippen LogP contribution in [0.1, 0.15) is 39.0 Å². The Labute approximate surface area is 133 Å². The highest BCUT2D eigenvalue weighted by molar-refractivity contribution is 8.01. The standard InChI is InChI=1S/C13H22N4O2S2/c1-3-4-5-6-9-20-12-15-14-11(21-12)17-10(18)7-8-16(2)13(17)19/h10,18H,3-9H2,1-2H3. The van der Waals surface area contributed by atoms with Gasteiger partial charge in [0.25, 0.3) is 0 Å². The van der Waals surface area contributed by atoms with Crippen LogP contribution in [0.4, 0.5) is 9.93 Å². The third kappa shape index (κ3) is 4.31. The van der Waals surface area contributed by atoms with Gasteiger partial charge in [0.05, 0.1) is 0 Å². The number of aliphatic hydroxyl groups excluding tert-OH is 1. The van der Waals surface area contributed by atoms with Gasteiger partial charge in [0.15, 0.2) is 4.34 Å². The monoisotopic (exact) mass is 330 g/mol. The van der Waals surface area contributed by atoms with Crippen molar-refractivity contribution in [2.75, 3.05) is 24.2 Å². The predicted molar refractivity (Wildman–Crippen MR) is 85.9 cm³/mol. The molecule has 21 heavy (non-hydrogen) atoms. The summed E-state index contributed by atoms with van der Waals surface area (Å²) in [5.74, 6) is 1.02. The zero-order chi connectivity index (χ0) is 15.2. The van der Waals surface area contributed by atoms with Crippen LogP contribution in [0.3, 0.4) is 0 Å². The first kappa shape index (κ1) is 16.5. The molecule has 1 unspecified atom stereocenters. The summed E-state index contributed by atoms with van der Waals surface area (Å²) in [5, 5.41) is 18.7. The Hall–Kier alpha value is -0.860. The van der Waals surface area contributed by atoms with Crippen LogP contribution in [-0.4, -0.2) is 51.8 Å². The lowest BCUT2D eigenvalue weighted by molar-refractivity contribution is 0.116. The number of aromatic nitrogens is 2. The third-order valence-corrected chi connectivity index (χ3v) is 5.52. The molecule has 1 aromatic heterocycles. The van der Waals surface area contributed by atoms with Gasteiger partial charge in [-0.3, -0.25) is 0 Å². The molecule has 2 heterocycles. The number of rotatable bonds is 7. The predicted octanol–water partition coefficient (Wildman–Crippen LogP) is 2.79. The first-order valence-electron chi connectivity index (χ1n) is 7.32. The summed E-state index contributed by atoms with van der Waals surface area (Å²) >= 11 is 3.04. The van der Waals surface area contributed by atoms with Crippen LogP contribution < -0.4 is 4.90 Å². The fraction of sp³-hybridized carbons (Fsp3) is 0.769. The van der Waals surface area contributed by atoms with Crippen LogP contribution in [0.15, 0.2) is 4.34 Å². The van der Waals surface area contributed by atoms with E-state index < -0.39 is 6.23 Å². The number of urea groups is 1. The van der Waals surface area contributed by atoms with Crippen LogP contribution in [0, 0.1) is 0 Å². The lowest BCUT2D eigenvalue weighted by atomic mass is 10.2. The summed E-state index contributed by atoms with van der Waals surface area (Å²) in [4.78, 5) is 15.0. The molecular formula is C13H22N4O2S2. The Morgan fingerprint density at radius 1 is 1.38 bits per heavy atom. The van der Waals surface area contributed by atoms with Gasteiger partial charge in [-0.25, -0.2) is 9.69 Å². The van der Waals surface area contributed by atoms with Crippen molar-refractivity contribution in [1.82, 2.24) is 15.1 Å². The number of unbranched alkanes of at least 4 members (excludes halogenated alkanes) is 3. The van der Waals surface area contributed by atoms with Crippen molar-refractivity contribution >= 4 is 34.3 Å². The van der Waals surface area contributed by atoms with Gasteiger partial charge in [-0.1, -0.05) is 49.3 Å². The largest absolute Gasteiger partial charge is 0.373 e. The average molecular weight is 330 g/mol. The Bertz CT molecular complexity index is 469. The molecule has 1 saturated heterocycles. The Kier molecular flexibility index (Phi) is 6.25. The Morgan fingerprint density at radius 3 is 2.95 bits per heavy atom. The van der Waals surface area contributed by atoms with Crippen molar-refractivity contribution in [1.29, 1.82) is 0 Å². The number of nitrogens with zero attached hydrogens (tertiary/aromatic N) is 4. The van der Waals surface area contributed by atoms with E-state index in [-0.39, 0.29) is 6.03 Å². The Balaban J connectivity index is 1.91. The highest BCUT2D eigenvalue weighted by atomic mass is 32.2. The van der Waals surface area contributed by atoms with Crippen LogP contribution in [0.5, 0.6) is 0 Å². The van der Waals surface area contributed by atoms with Crippen LogP contribution >= 0.6 is 23.1 Å². The molecule has 0 radical (unpaired) electrons. The van der Waals surface area contributed by atoms with Gasteiger partial charge in [-0.05, 0) is 6.42 Å². The minimum atomic E-state index is -0.802. The molecule has 1 aliphatic rings. The van der Waals surface area contributed by atoms with Gasteiger partial charge in [-0.15, -0.1) is 10.2 Å². The number of carbonyl (C=O) groups is 1. The van der Waals surface area contributed by atoms with Crippen molar-refractivity contribution in [2.45, 2.75) is 49.6 Å². The summed E-state index contributed by atoms with van der Waals surface area (Å²) in [7, 11) is 1.73. The highest BCUT2D eigenvalue weighted by Crippen LogP contribution is 2.31. The van der Waals surface area contributed by atoms with E-state index in [2.05, 4.69) is 17.1 Å². The summed E-state index contributed by atoms with van der Waals surface area (Å²) in [6, 6.07) is -0.218. The van der Waals surface area contributed by atoms with Gasteiger partial charge < -0.3 is 10.0 Å². The lowest BCUT2D eigenvalue weighted by Crippen LogP contribution is -2.53. The first-order chi connectivity index (χ1) is 10.1. The molecule has 0 spiro atoms. The van der Waals surface area contributed by atoms with E-state index in [9.17, 15) is 9.90 Å². The minimum absolute atomic E-state index is 0.218. The van der Waals surface area contributed by atoms with Crippen LogP contribution in [0.2, 0.25) is 0 Å². The minimum Gasteiger partial charge on any atom is -0.373 e. The van der Waals surface area contributed by atoms with E-state index in [1.165, 1.54) is 41.9 Å². The number of aliphatic hydroxyl groups is 1. The SMILES string of the molecule is CCCCCCSc1nnc(N2C(=O)N(C)CCC2O)s1. The molecule has 1 fully saturated rings. The topological polar surface area (TPSA) is 69.6 Å². The number of hydrogen-bond acceptors (Lipinski definition) is 6. The fourth-order valence-electron chi connectivity index (χ4n) is 2.10. The number of hydrogen-bond donors (Lipinski definition) is 1. The van der Waals surface area contributed by atoms with Crippen molar-refractivity contribution in [3.63, 3.8) is 0 Å². The van der Waals surface area contributed by atoms with E-state index in [1.807, 2.05) is 0 Å². The lowest BCUT2D eigenvalue weighted by Gasteiger charge is -2.35. The molecule has 8 heteroatoms. The molecular weight excluding hydrogens is 308 g/mol. The summed E-state index contributed by atoms with van der Waals surface area (Å²) < 4.78 is 0.856. The smallest absolute Gasteiger partial charge is 0.328 e. The number of amides is 2. The molecule has 2 rings (SSSR count). The van der Waals surface area contributed by atoms with Crippen molar-refractivity contribution in [2.24, 2.45) is 0 Å². The van der Waals surface area contributed by atoms with Gasteiger partial charge in [0.1, 0.15) is 6.23 Å². The molecule has 2 amide bonds. The van der Waals surface area contributed by atoms with E-state index in [4.69, 9.17) is 0 Å². The molecule has 0 aromatic carbocycles. The normalized spacial score (nSPS) is 19.4. The molecule has 118 valence electrons. The third-order valence-electron chi connectivity index (χ3n) is 3.38. The molecule has 0 aliphatic carbocycles. The van der Waals surface area contributed by atoms with Gasteiger partial charge in [0.2, 0.25) is 5.13 Å². The van der Waals surface area contributed by atoms with Crippen molar-refractivity contribution in [3.8, 4) is 0 Å². The summed E-state index contributed by atoms with van der Waals surface area (Å²) in [6.07, 6.45) is 4.63. The van der Waals surface area contributed by atoms with E-state index in [0.717, 1.165) is 10.1 Å². The molecule has 0 saturated carbocycles. The zero-order valence-electron chi connectivity index (χ0n) is 12.5. The van der Waals surface area contributed by atoms with Crippen molar-refractivity contribution < 1.29 is 9.90 Å². The summed E-state index contributed by atoms with van der Waals surface area (Å²) in [6.45, 7) is 2.76. The molecule has 1 atom stereocenters. The van der Waals surface area contributed by atoms with E-state index in [1.54, 1.807) is 23.7 Å². The second kappa shape index (κ2) is 7.95. The van der Waals surface area contributed by atoms with Crippen LogP contribution in [-0.2, 0) is 0 Å². The van der Waals surface area contributed by atoms with Gasteiger partial charge in [-0.2, -0.15) is 0 Å². The Morgan fingerprint density at radius 2 is 2.19 bits per heavy atom. The molecule has 0 bridgehead atoms. The van der Waals surface area contributed by atoms with Crippen LogP contribution in [0.25, 0.3) is 0 Å². The van der Waals surface area contributed by atoms with Gasteiger partial charge >= 0.3 is 6.03 Å². The number of thioether (sulfide) groups is 1. The molecule has 1 N–H and O–H groups in total. The number of carbonyl (C=O) groups excluding carboxylic acids is 1. The van der Waals surface area contributed by atoms with Gasteiger partial charge in [0, 0.05) is 25.8 Å². The quantitative estimate of drug-likeness (QED) is 0.473. The highest BCUT2D eigenvalue weighted by Gasteiger charge is 2.33. The fourth-order valence-corrected chi connectivity index (χ4v) is 4.05. The maximum atomic E-state index is 12.1. The molecule has 6 nitrogen and oxygen atoms in total. The molecule has 1 aliphatic heterocycles. The second-order valence-corrected chi connectivity index (χ2v) is 7.40. The van der Waals surface area contributed by atoms with E-state index in [0.29, 0.717) is 18.1 Å². The second-order valence-electron chi connectivity index (χ2n) is 5.10. The maximum Gasteiger partial charge on any atom is 0.328 e. The molecule has 1 aromatic rings. The summed E-state index contributed by atoms with van der Waals surface area (Å²) in [5.41, 5.74) is 0. The number of anilines is 1. The zero-order valence-corrected chi connectivity index (χ0v) is 14.1. The average Bonchev–Trinajstić information content (AvgIpc) is 2.92. The van der Waals surface area contributed by atoms with Crippen molar-refractivity contribution in [3.05, 3.63) is 0 Å². The first-order valence-corrected chi connectivity index (χ1v) is 9.12. The maximum absolute atomic E-state index is 12.1. The van der Waals surface area contributed by atoms with E-state index >= 15 is 0 Å².